The molecule has 0 aliphatic carbocycles. The third-order valence-corrected chi connectivity index (χ3v) is 5.65. The van der Waals surface area contributed by atoms with Crippen LogP contribution < -0.4 is 5.32 Å². The van der Waals surface area contributed by atoms with Crippen LogP contribution in [0.25, 0.3) is 0 Å². The summed E-state index contributed by atoms with van der Waals surface area (Å²) < 4.78 is 6.04. The van der Waals surface area contributed by atoms with Gasteiger partial charge in [-0.15, -0.1) is 0 Å². The number of piperidine rings is 1. The van der Waals surface area contributed by atoms with Gasteiger partial charge in [-0.3, -0.25) is 9.59 Å². The van der Waals surface area contributed by atoms with Crippen molar-refractivity contribution in [2.75, 3.05) is 18.4 Å². The number of hydrogen-bond acceptors (Lipinski definition) is 4. The number of rotatable bonds is 7. The summed E-state index contributed by atoms with van der Waals surface area (Å²) in [5, 5.41) is 6.58. The molecule has 0 bridgehead atoms. The first-order chi connectivity index (χ1) is 13.5. The number of nitrogens with one attached hydrogen (secondary N) is 1. The van der Waals surface area contributed by atoms with Crippen LogP contribution in [0, 0.1) is 12.8 Å². The lowest BCUT2D eigenvalue weighted by Gasteiger charge is -2.31. The van der Waals surface area contributed by atoms with Crippen molar-refractivity contribution >= 4 is 33.6 Å². The second-order valence-electron chi connectivity index (χ2n) is 7.30. The molecule has 1 aliphatic rings. The molecule has 1 saturated heterocycles. The minimum absolute atomic E-state index is 0.0464. The number of hydrogen-bond donors (Lipinski definition) is 1. The molecule has 28 heavy (non-hydrogen) atoms. The Morgan fingerprint density at radius 1 is 1.21 bits per heavy atom. The first kappa shape index (κ1) is 20.6. The Kier molecular flexibility index (Phi) is 7.25. The number of carbonyl (C=O) groups excluding carboxylic acids is 2. The minimum atomic E-state index is -0.0848. The van der Waals surface area contributed by atoms with Crippen LogP contribution in [0.15, 0.2) is 39.3 Å². The Hall–Kier alpha value is -2.15. The molecule has 1 fully saturated rings. The number of aryl methyl sites for hydroxylation is 2. The van der Waals surface area contributed by atoms with Gasteiger partial charge in [-0.05, 0) is 56.7 Å². The number of amides is 2. The Labute approximate surface area is 173 Å². The van der Waals surface area contributed by atoms with Gasteiger partial charge in [0.15, 0.2) is 5.82 Å². The SMILES string of the molecule is Cc1cc(NC(=O)C2CCN(C(=O)CCCCc3ccc(Br)cc3)CC2)no1. The average Bonchev–Trinajstić information content (AvgIpc) is 3.11. The van der Waals surface area contributed by atoms with Gasteiger partial charge in [0, 0.05) is 36.0 Å². The number of carbonyl (C=O) groups is 2. The molecule has 0 spiro atoms. The van der Waals surface area contributed by atoms with E-state index < -0.39 is 0 Å². The van der Waals surface area contributed by atoms with Crippen molar-refractivity contribution in [3.05, 3.63) is 46.1 Å². The lowest BCUT2D eigenvalue weighted by atomic mass is 9.95. The van der Waals surface area contributed by atoms with Gasteiger partial charge in [-0.2, -0.15) is 0 Å². The fourth-order valence-electron chi connectivity index (χ4n) is 3.46. The first-order valence-electron chi connectivity index (χ1n) is 9.77. The predicted molar refractivity (Wildman–Crippen MR) is 111 cm³/mol. The molecule has 1 aliphatic heterocycles. The van der Waals surface area contributed by atoms with Gasteiger partial charge in [-0.1, -0.05) is 33.2 Å². The molecular weight excluding hydrogens is 422 g/mol. The zero-order valence-electron chi connectivity index (χ0n) is 16.1. The quantitative estimate of drug-likeness (QED) is 0.640. The summed E-state index contributed by atoms with van der Waals surface area (Å²) in [6.45, 7) is 3.06. The van der Waals surface area contributed by atoms with E-state index in [4.69, 9.17) is 4.52 Å². The minimum Gasteiger partial charge on any atom is -0.360 e. The topological polar surface area (TPSA) is 75.4 Å². The Bertz CT molecular complexity index is 795. The van der Waals surface area contributed by atoms with E-state index >= 15 is 0 Å². The summed E-state index contributed by atoms with van der Waals surface area (Å²) in [4.78, 5) is 26.6. The van der Waals surface area contributed by atoms with E-state index in [1.165, 1.54) is 5.56 Å². The summed E-state index contributed by atoms with van der Waals surface area (Å²) in [5.41, 5.74) is 1.30. The van der Waals surface area contributed by atoms with E-state index in [0.29, 0.717) is 43.9 Å². The Morgan fingerprint density at radius 3 is 2.57 bits per heavy atom. The van der Waals surface area contributed by atoms with Crippen LogP contribution in [0.3, 0.4) is 0 Å². The summed E-state index contributed by atoms with van der Waals surface area (Å²) in [7, 11) is 0. The van der Waals surface area contributed by atoms with Crippen molar-refractivity contribution in [3.63, 3.8) is 0 Å². The number of halogens is 1. The van der Waals surface area contributed by atoms with Gasteiger partial charge in [-0.25, -0.2) is 0 Å². The van der Waals surface area contributed by atoms with Gasteiger partial charge in [0.1, 0.15) is 5.76 Å². The number of unbranched alkanes of at least 4 members (excludes halogenated alkanes) is 1. The molecule has 1 aromatic carbocycles. The van der Waals surface area contributed by atoms with Crippen molar-refractivity contribution in [2.45, 2.75) is 45.4 Å². The molecule has 1 aromatic heterocycles. The summed E-state index contributed by atoms with van der Waals surface area (Å²) in [6, 6.07) is 10.0. The number of nitrogens with zero attached hydrogens (tertiary/aromatic N) is 2. The summed E-state index contributed by atoms with van der Waals surface area (Å²) in [5.74, 6) is 1.18. The highest BCUT2D eigenvalue weighted by Crippen LogP contribution is 2.21. The molecule has 150 valence electrons. The molecule has 0 atom stereocenters. The number of benzene rings is 1. The predicted octanol–water partition coefficient (Wildman–Crippen LogP) is 4.34. The first-order valence-corrected chi connectivity index (χ1v) is 10.6. The summed E-state index contributed by atoms with van der Waals surface area (Å²) >= 11 is 3.44. The van der Waals surface area contributed by atoms with Gasteiger partial charge < -0.3 is 14.7 Å². The van der Waals surface area contributed by atoms with Crippen LogP contribution in [-0.2, 0) is 16.0 Å². The van der Waals surface area contributed by atoms with Crippen molar-refractivity contribution < 1.29 is 14.1 Å². The second-order valence-corrected chi connectivity index (χ2v) is 8.22. The smallest absolute Gasteiger partial charge is 0.228 e. The number of anilines is 1. The van der Waals surface area contributed by atoms with Crippen LogP contribution in [0.4, 0.5) is 5.82 Å². The van der Waals surface area contributed by atoms with E-state index in [2.05, 4.69) is 38.5 Å². The molecule has 2 amide bonds. The fourth-order valence-corrected chi connectivity index (χ4v) is 3.72. The maximum absolute atomic E-state index is 12.4. The van der Waals surface area contributed by atoms with Crippen molar-refractivity contribution in [1.82, 2.24) is 10.1 Å². The molecule has 3 rings (SSSR count). The van der Waals surface area contributed by atoms with Crippen LogP contribution in [0.1, 0.15) is 43.4 Å². The molecule has 2 aromatic rings. The van der Waals surface area contributed by atoms with Gasteiger partial charge in [0.2, 0.25) is 11.8 Å². The van der Waals surface area contributed by atoms with Crippen molar-refractivity contribution in [1.29, 1.82) is 0 Å². The summed E-state index contributed by atoms with van der Waals surface area (Å²) in [6.07, 6.45) is 4.83. The van der Waals surface area contributed by atoms with Crippen molar-refractivity contribution in [3.8, 4) is 0 Å². The highest BCUT2D eigenvalue weighted by atomic mass is 79.9. The molecule has 0 unspecified atom stereocenters. The second kappa shape index (κ2) is 9.87. The van der Waals surface area contributed by atoms with Crippen molar-refractivity contribution in [2.24, 2.45) is 5.92 Å². The van der Waals surface area contributed by atoms with Crippen LogP contribution in [-0.4, -0.2) is 35.0 Å². The molecule has 1 N–H and O–H groups in total. The van der Waals surface area contributed by atoms with Crippen LogP contribution in [0.2, 0.25) is 0 Å². The number of aromatic nitrogens is 1. The van der Waals surface area contributed by atoms with Crippen LogP contribution >= 0.6 is 15.9 Å². The standard InChI is InChI=1S/C21H26BrN3O3/c1-15-14-19(24-28-15)23-21(27)17-10-12-25(13-11-17)20(26)5-3-2-4-16-6-8-18(22)9-7-16/h6-9,14,17H,2-5,10-13H2,1H3,(H,23,24,27). The molecule has 0 radical (unpaired) electrons. The van der Waals surface area contributed by atoms with E-state index in [9.17, 15) is 9.59 Å². The monoisotopic (exact) mass is 447 g/mol. The van der Waals surface area contributed by atoms with E-state index in [1.54, 1.807) is 13.0 Å². The zero-order chi connectivity index (χ0) is 19.9. The molecule has 7 heteroatoms. The van der Waals surface area contributed by atoms with Crippen LogP contribution in [0.5, 0.6) is 0 Å². The maximum atomic E-state index is 12.4. The highest BCUT2D eigenvalue weighted by Gasteiger charge is 2.27. The van der Waals surface area contributed by atoms with E-state index in [0.717, 1.165) is 23.7 Å². The molecule has 2 heterocycles. The third kappa shape index (κ3) is 5.92. The van der Waals surface area contributed by atoms with E-state index in [-0.39, 0.29) is 17.7 Å². The number of likely N-dealkylation sites (tertiary alicyclic amines) is 1. The Morgan fingerprint density at radius 2 is 1.93 bits per heavy atom. The fraction of sp³-hybridized carbons (Fsp3) is 0.476. The Balaban J connectivity index is 1.34. The van der Waals surface area contributed by atoms with Gasteiger partial charge >= 0.3 is 0 Å². The van der Waals surface area contributed by atoms with E-state index in [1.807, 2.05) is 17.0 Å². The van der Waals surface area contributed by atoms with Gasteiger partial charge in [0.05, 0.1) is 0 Å². The lowest BCUT2D eigenvalue weighted by Crippen LogP contribution is -2.41. The van der Waals surface area contributed by atoms with Gasteiger partial charge in [0.25, 0.3) is 0 Å². The lowest BCUT2D eigenvalue weighted by molar-refractivity contribution is -0.134. The zero-order valence-corrected chi connectivity index (χ0v) is 17.7. The molecular formula is C21H26BrN3O3. The molecule has 0 saturated carbocycles. The highest BCUT2D eigenvalue weighted by molar-refractivity contribution is 9.10. The molecule has 6 nitrogen and oxygen atoms in total. The average molecular weight is 448 g/mol. The maximum Gasteiger partial charge on any atom is 0.228 e. The largest absolute Gasteiger partial charge is 0.360 e. The normalized spacial score (nSPS) is 14.9. The third-order valence-electron chi connectivity index (χ3n) is 5.12.